The molecule has 0 fully saturated rings. The number of alkyl halides is 3. The van der Waals surface area contributed by atoms with Gasteiger partial charge in [0, 0.05) is 17.8 Å². The van der Waals surface area contributed by atoms with Gasteiger partial charge in [0.1, 0.15) is 5.03 Å². The van der Waals surface area contributed by atoms with Crippen LogP contribution < -0.4 is 5.32 Å². The molecule has 1 heterocycles. The van der Waals surface area contributed by atoms with Crippen molar-refractivity contribution in [2.75, 3.05) is 5.32 Å². The zero-order valence-electron chi connectivity index (χ0n) is 7.01. The molecule has 0 aliphatic rings. The average Bonchev–Trinajstić information content (AvgIpc) is 2.63. The molecule has 1 rings (SSSR count). The molecule has 82 valence electrons. The lowest BCUT2D eigenvalue weighted by Crippen LogP contribution is -2.23. The predicted molar refractivity (Wildman–Crippen MR) is 50.7 cm³/mol. The topological polar surface area (TPSA) is 42.0 Å². The van der Waals surface area contributed by atoms with Gasteiger partial charge in [-0.25, -0.2) is 4.98 Å². The second kappa shape index (κ2) is 4.63. The number of halogens is 4. The van der Waals surface area contributed by atoms with Crippen molar-refractivity contribution < 1.29 is 18.0 Å². The van der Waals surface area contributed by atoms with Gasteiger partial charge in [-0.15, -0.1) is 11.3 Å². The Bertz CT molecular complexity index is 374. The Morgan fingerprint density at radius 1 is 1.60 bits per heavy atom. The summed E-state index contributed by atoms with van der Waals surface area (Å²) in [5.74, 6) is -2.09. The number of Topliss-reactive ketones (excluding diaryl/α,β-unsaturated/α-hetero) is 1. The predicted octanol–water partition coefficient (Wildman–Crippen LogP) is 2.77. The number of nitrogens with zero attached hydrogens (tertiary/aromatic N) is 1. The summed E-state index contributed by atoms with van der Waals surface area (Å²) in [7, 11) is 0. The van der Waals surface area contributed by atoms with Crippen LogP contribution in [0.2, 0.25) is 0 Å². The smallest absolute Gasteiger partial charge is 0.336 e. The number of carbonyl (C=O) groups is 1. The highest BCUT2D eigenvalue weighted by atomic mass is 35.5. The number of allylic oxidation sites excluding steroid dienone is 1. The van der Waals surface area contributed by atoms with Gasteiger partial charge < -0.3 is 5.32 Å². The van der Waals surface area contributed by atoms with E-state index in [1.54, 1.807) is 5.38 Å². The SMILES string of the molecule is O=C(C(Cl)=CNc1nccs1)C(F)(F)F. The molecule has 0 unspecified atom stereocenters. The van der Waals surface area contributed by atoms with Gasteiger partial charge >= 0.3 is 6.18 Å². The molecule has 0 spiro atoms. The molecule has 0 saturated carbocycles. The van der Waals surface area contributed by atoms with Crippen LogP contribution >= 0.6 is 22.9 Å². The van der Waals surface area contributed by atoms with E-state index in [9.17, 15) is 18.0 Å². The first-order valence-corrected chi connectivity index (χ1v) is 4.80. The molecular formula is C7H4ClF3N2OS. The van der Waals surface area contributed by atoms with Crippen molar-refractivity contribution in [1.29, 1.82) is 0 Å². The maximum atomic E-state index is 11.8. The minimum Gasteiger partial charge on any atom is -0.336 e. The van der Waals surface area contributed by atoms with Crippen LogP contribution in [0.1, 0.15) is 0 Å². The second-order valence-electron chi connectivity index (χ2n) is 2.30. The van der Waals surface area contributed by atoms with Crippen molar-refractivity contribution >= 4 is 33.9 Å². The first-order chi connectivity index (χ1) is 6.91. The molecule has 15 heavy (non-hydrogen) atoms. The highest BCUT2D eigenvalue weighted by Gasteiger charge is 2.40. The third-order valence-electron chi connectivity index (χ3n) is 1.23. The normalized spacial score (nSPS) is 12.7. The van der Waals surface area contributed by atoms with Gasteiger partial charge in [-0.3, -0.25) is 4.79 Å². The largest absolute Gasteiger partial charge is 0.455 e. The van der Waals surface area contributed by atoms with Gasteiger partial charge in [0.15, 0.2) is 5.13 Å². The third-order valence-corrected chi connectivity index (χ3v) is 2.21. The summed E-state index contributed by atoms with van der Waals surface area (Å²) in [6.45, 7) is 0. The molecule has 0 amide bonds. The molecular weight excluding hydrogens is 253 g/mol. The van der Waals surface area contributed by atoms with E-state index in [-0.39, 0.29) is 0 Å². The number of ketones is 1. The van der Waals surface area contributed by atoms with E-state index in [2.05, 4.69) is 10.3 Å². The number of hydrogen-bond donors (Lipinski definition) is 1. The van der Waals surface area contributed by atoms with Gasteiger partial charge in [0.2, 0.25) is 0 Å². The van der Waals surface area contributed by atoms with Crippen LogP contribution in [0, 0.1) is 0 Å². The maximum Gasteiger partial charge on any atom is 0.455 e. The van der Waals surface area contributed by atoms with Crippen molar-refractivity contribution in [3.05, 3.63) is 22.8 Å². The van der Waals surface area contributed by atoms with Crippen LogP contribution in [0.4, 0.5) is 18.3 Å². The molecule has 0 atom stereocenters. The molecule has 0 aromatic carbocycles. The lowest BCUT2D eigenvalue weighted by molar-refractivity contribution is -0.165. The summed E-state index contributed by atoms with van der Waals surface area (Å²) in [5, 5.41) is 3.41. The zero-order chi connectivity index (χ0) is 11.5. The van der Waals surface area contributed by atoms with E-state index in [4.69, 9.17) is 11.6 Å². The van der Waals surface area contributed by atoms with Gasteiger partial charge in [-0.1, -0.05) is 11.6 Å². The maximum absolute atomic E-state index is 11.8. The number of carbonyl (C=O) groups excluding carboxylic acids is 1. The van der Waals surface area contributed by atoms with E-state index in [1.807, 2.05) is 0 Å². The van der Waals surface area contributed by atoms with E-state index in [1.165, 1.54) is 17.5 Å². The highest BCUT2D eigenvalue weighted by molar-refractivity contribution is 7.13. The number of nitrogens with one attached hydrogen (secondary N) is 1. The monoisotopic (exact) mass is 256 g/mol. The van der Waals surface area contributed by atoms with Crippen LogP contribution in [0.15, 0.2) is 22.8 Å². The Balaban J connectivity index is 2.65. The standard InChI is InChI=1S/C7H4ClF3N2OS/c8-4(5(14)7(9,10)11)3-13-6-12-1-2-15-6/h1-3H,(H,12,13). The zero-order valence-corrected chi connectivity index (χ0v) is 8.58. The minimum absolute atomic E-state index is 0.350. The lowest BCUT2D eigenvalue weighted by atomic mass is 10.4. The van der Waals surface area contributed by atoms with Crippen molar-refractivity contribution in [3.63, 3.8) is 0 Å². The van der Waals surface area contributed by atoms with E-state index in [0.29, 0.717) is 5.13 Å². The summed E-state index contributed by atoms with van der Waals surface area (Å²) in [5.41, 5.74) is 0. The van der Waals surface area contributed by atoms with Crippen molar-refractivity contribution in [2.45, 2.75) is 6.18 Å². The van der Waals surface area contributed by atoms with Gasteiger partial charge in [-0.05, 0) is 0 Å². The average molecular weight is 257 g/mol. The lowest BCUT2D eigenvalue weighted by Gasteiger charge is -2.03. The first kappa shape index (κ1) is 12.0. The summed E-state index contributed by atoms with van der Waals surface area (Å²) < 4.78 is 35.5. The van der Waals surface area contributed by atoms with E-state index >= 15 is 0 Å². The van der Waals surface area contributed by atoms with Crippen molar-refractivity contribution in [1.82, 2.24) is 4.98 Å². The second-order valence-corrected chi connectivity index (χ2v) is 3.60. The fourth-order valence-electron chi connectivity index (χ4n) is 0.621. The van der Waals surface area contributed by atoms with Crippen molar-refractivity contribution in [3.8, 4) is 0 Å². The molecule has 0 bridgehead atoms. The Hall–Kier alpha value is -1.08. The summed E-state index contributed by atoms with van der Waals surface area (Å²) in [6.07, 6.45) is -2.74. The first-order valence-electron chi connectivity index (χ1n) is 3.54. The van der Waals surface area contributed by atoms with Crippen LogP contribution in [0.25, 0.3) is 0 Å². The van der Waals surface area contributed by atoms with Crippen molar-refractivity contribution in [2.24, 2.45) is 0 Å². The molecule has 0 aliphatic heterocycles. The number of thiazole rings is 1. The van der Waals surface area contributed by atoms with E-state index < -0.39 is 17.0 Å². The van der Waals surface area contributed by atoms with Gasteiger partial charge in [0.05, 0.1) is 0 Å². The number of anilines is 1. The molecule has 1 aromatic heterocycles. The molecule has 0 aliphatic carbocycles. The van der Waals surface area contributed by atoms with Crippen LogP contribution in [0.5, 0.6) is 0 Å². The highest BCUT2D eigenvalue weighted by Crippen LogP contribution is 2.22. The summed E-state index contributed by atoms with van der Waals surface area (Å²) in [4.78, 5) is 14.3. The molecule has 0 saturated heterocycles. The fraction of sp³-hybridized carbons (Fsp3) is 0.143. The molecule has 0 radical (unpaired) electrons. The minimum atomic E-state index is -4.96. The number of rotatable bonds is 3. The molecule has 3 nitrogen and oxygen atoms in total. The Morgan fingerprint density at radius 2 is 2.27 bits per heavy atom. The van der Waals surface area contributed by atoms with Crippen LogP contribution in [-0.2, 0) is 4.79 Å². The third kappa shape index (κ3) is 3.52. The Morgan fingerprint density at radius 3 is 2.73 bits per heavy atom. The molecule has 1 aromatic rings. The summed E-state index contributed by atoms with van der Waals surface area (Å²) in [6, 6.07) is 0. The Kier molecular flexibility index (Phi) is 3.70. The molecule has 8 heteroatoms. The Labute approximate surface area is 91.6 Å². The number of hydrogen-bond acceptors (Lipinski definition) is 4. The van der Waals surface area contributed by atoms with Gasteiger partial charge in [-0.2, -0.15) is 13.2 Å². The van der Waals surface area contributed by atoms with Crippen LogP contribution in [-0.4, -0.2) is 16.9 Å². The quantitative estimate of drug-likeness (QED) is 0.846. The molecule has 1 N–H and O–H groups in total. The van der Waals surface area contributed by atoms with Gasteiger partial charge in [0.25, 0.3) is 5.78 Å². The number of aromatic nitrogens is 1. The van der Waals surface area contributed by atoms with Crippen LogP contribution in [0.3, 0.4) is 0 Å². The fourth-order valence-corrected chi connectivity index (χ4v) is 1.28. The van der Waals surface area contributed by atoms with E-state index in [0.717, 1.165) is 6.20 Å². The summed E-state index contributed by atoms with van der Waals surface area (Å²) >= 11 is 6.30.